The second-order valence-corrected chi connectivity index (χ2v) is 4.83. The summed E-state index contributed by atoms with van der Waals surface area (Å²) in [6, 6.07) is 0. The Morgan fingerprint density at radius 3 is 2.79 bits per heavy atom. The minimum Gasteiger partial charge on any atom is -0.349 e. The number of rotatable bonds is 4. The number of imide groups is 1. The van der Waals surface area contributed by atoms with E-state index in [0.29, 0.717) is 0 Å². The van der Waals surface area contributed by atoms with E-state index in [-0.39, 0.29) is 41.6 Å². The van der Waals surface area contributed by atoms with E-state index in [9.17, 15) is 14.4 Å². The van der Waals surface area contributed by atoms with E-state index >= 15 is 0 Å². The van der Waals surface area contributed by atoms with Gasteiger partial charge in [0.2, 0.25) is 5.91 Å². The van der Waals surface area contributed by atoms with Crippen molar-refractivity contribution in [1.29, 1.82) is 0 Å². The van der Waals surface area contributed by atoms with E-state index in [4.69, 9.17) is 0 Å². The van der Waals surface area contributed by atoms with Crippen LogP contribution in [-0.4, -0.2) is 50.8 Å². The van der Waals surface area contributed by atoms with Crippen molar-refractivity contribution in [2.45, 2.75) is 6.92 Å². The second-order valence-electron chi connectivity index (χ2n) is 3.90. The number of carbonyl (C=O) groups excluding carboxylic acids is 3. The standard InChI is InChI=1S/C11H12N4O3S/c1-7-4-14-8(5-13-7)10(17)12-2-3-15-9(16)6-19-11(15)18/h4-5H,2-3,6H2,1H3,(H,12,17). The molecule has 0 aromatic carbocycles. The van der Waals surface area contributed by atoms with Gasteiger partial charge in [-0.25, -0.2) is 4.98 Å². The summed E-state index contributed by atoms with van der Waals surface area (Å²) in [6.45, 7) is 2.15. The Balaban J connectivity index is 1.82. The third kappa shape index (κ3) is 3.28. The summed E-state index contributed by atoms with van der Waals surface area (Å²) in [6.07, 6.45) is 2.88. The summed E-state index contributed by atoms with van der Waals surface area (Å²) in [5, 5.41) is 2.32. The van der Waals surface area contributed by atoms with Crippen LogP contribution >= 0.6 is 11.8 Å². The molecule has 0 atom stereocenters. The van der Waals surface area contributed by atoms with E-state index < -0.39 is 0 Å². The number of nitrogens with one attached hydrogen (secondary N) is 1. The SMILES string of the molecule is Cc1cnc(C(=O)NCCN2C(=O)CSC2=O)cn1. The lowest BCUT2D eigenvalue weighted by Crippen LogP contribution is -2.37. The minimum atomic E-state index is -0.376. The van der Waals surface area contributed by atoms with E-state index in [0.717, 1.165) is 22.4 Å². The molecule has 0 radical (unpaired) electrons. The van der Waals surface area contributed by atoms with E-state index in [1.165, 1.54) is 12.4 Å². The average Bonchev–Trinajstić information content (AvgIpc) is 2.71. The highest BCUT2D eigenvalue weighted by Gasteiger charge is 2.29. The number of hydrogen-bond donors (Lipinski definition) is 1. The highest BCUT2D eigenvalue weighted by molar-refractivity contribution is 8.14. The van der Waals surface area contributed by atoms with Gasteiger partial charge in [0.15, 0.2) is 0 Å². The van der Waals surface area contributed by atoms with E-state index in [1.54, 1.807) is 6.92 Å². The lowest BCUT2D eigenvalue weighted by Gasteiger charge is -2.12. The summed E-state index contributed by atoms with van der Waals surface area (Å²) in [4.78, 5) is 43.3. The van der Waals surface area contributed by atoms with Crippen molar-refractivity contribution in [2.75, 3.05) is 18.8 Å². The minimum absolute atomic E-state index is 0.176. The molecular formula is C11H12N4O3S. The molecule has 0 aliphatic carbocycles. The maximum absolute atomic E-state index is 11.7. The van der Waals surface area contributed by atoms with Crippen LogP contribution in [0.4, 0.5) is 4.79 Å². The van der Waals surface area contributed by atoms with Gasteiger partial charge in [-0.2, -0.15) is 0 Å². The molecule has 1 N–H and O–H groups in total. The molecule has 19 heavy (non-hydrogen) atoms. The molecule has 1 aliphatic rings. The lowest BCUT2D eigenvalue weighted by molar-refractivity contribution is -0.124. The smallest absolute Gasteiger partial charge is 0.288 e. The highest BCUT2D eigenvalue weighted by Crippen LogP contribution is 2.17. The van der Waals surface area contributed by atoms with Crippen molar-refractivity contribution in [1.82, 2.24) is 20.2 Å². The van der Waals surface area contributed by atoms with Gasteiger partial charge in [-0.1, -0.05) is 11.8 Å². The van der Waals surface area contributed by atoms with Crippen LogP contribution in [0.3, 0.4) is 0 Å². The number of aromatic nitrogens is 2. The molecule has 8 heteroatoms. The van der Waals surface area contributed by atoms with Gasteiger partial charge in [-0.3, -0.25) is 24.3 Å². The van der Waals surface area contributed by atoms with Crippen molar-refractivity contribution in [2.24, 2.45) is 0 Å². The first-order valence-corrected chi connectivity index (χ1v) is 6.60. The molecule has 100 valence electrons. The first-order valence-electron chi connectivity index (χ1n) is 5.62. The Kier molecular flexibility index (Phi) is 4.10. The van der Waals surface area contributed by atoms with Crippen molar-refractivity contribution >= 4 is 28.8 Å². The maximum Gasteiger partial charge on any atom is 0.288 e. The summed E-state index contributed by atoms with van der Waals surface area (Å²) < 4.78 is 0. The van der Waals surface area contributed by atoms with Gasteiger partial charge in [0, 0.05) is 19.3 Å². The van der Waals surface area contributed by atoms with Gasteiger partial charge >= 0.3 is 0 Å². The van der Waals surface area contributed by atoms with Gasteiger partial charge in [0.1, 0.15) is 5.69 Å². The van der Waals surface area contributed by atoms with Gasteiger partial charge in [-0.15, -0.1) is 0 Å². The Labute approximate surface area is 113 Å². The summed E-state index contributed by atoms with van der Waals surface area (Å²) in [5.41, 5.74) is 0.931. The Bertz CT molecular complexity index is 501. The molecule has 1 aliphatic heterocycles. The average molecular weight is 280 g/mol. The molecule has 2 heterocycles. The summed E-state index contributed by atoms with van der Waals surface area (Å²) >= 11 is 0.973. The number of thioether (sulfide) groups is 1. The fraction of sp³-hybridized carbons (Fsp3) is 0.364. The molecule has 3 amide bonds. The predicted molar refractivity (Wildman–Crippen MR) is 68.7 cm³/mol. The fourth-order valence-corrected chi connectivity index (χ4v) is 2.23. The monoisotopic (exact) mass is 280 g/mol. The number of nitrogens with zero attached hydrogens (tertiary/aromatic N) is 3. The maximum atomic E-state index is 11.7. The quantitative estimate of drug-likeness (QED) is 0.847. The first-order chi connectivity index (χ1) is 9.08. The summed E-state index contributed by atoms with van der Waals surface area (Å²) in [7, 11) is 0. The third-order valence-corrected chi connectivity index (χ3v) is 3.33. The molecule has 1 aromatic heterocycles. The molecule has 0 unspecified atom stereocenters. The van der Waals surface area contributed by atoms with E-state index in [2.05, 4.69) is 15.3 Å². The van der Waals surface area contributed by atoms with Crippen molar-refractivity contribution in [3.05, 3.63) is 23.8 Å². The zero-order valence-electron chi connectivity index (χ0n) is 10.3. The summed E-state index contributed by atoms with van der Waals surface area (Å²) in [5.74, 6) is -0.422. The molecule has 7 nitrogen and oxygen atoms in total. The molecule has 1 saturated heterocycles. The van der Waals surface area contributed by atoms with Gasteiger partial charge in [0.25, 0.3) is 11.1 Å². The molecule has 1 fully saturated rings. The predicted octanol–water partition coefficient (Wildman–Crippen LogP) is 0.210. The van der Waals surface area contributed by atoms with Crippen LogP contribution < -0.4 is 5.32 Å². The van der Waals surface area contributed by atoms with Gasteiger partial charge in [-0.05, 0) is 6.92 Å². The number of aryl methyl sites for hydroxylation is 1. The Morgan fingerprint density at radius 1 is 1.42 bits per heavy atom. The largest absolute Gasteiger partial charge is 0.349 e. The first kappa shape index (κ1) is 13.5. The molecule has 0 bridgehead atoms. The van der Waals surface area contributed by atoms with Crippen LogP contribution in [0.2, 0.25) is 0 Å². The normalized spacial score (nSPS) is 14.9. The molecule has 0 saturated carbocycles. The molecule has 0 spiro atoms. The van der Waals surface area contributed by atoms with Crippen LogP contribution in [-0.2, 0) is 4.79 Å². The van der Waals surface area contributed by atoms with Crippen LogP contribution in [0, 0.1) is 6.92 Å². The van der Waals surface area contributed by atoms with Crippen LogP contribution in [0.25, 0.3) is 0 Å². The van der Waals surface area contributed by atoms with Crippen molar-refractivity contribution in [3.8, 4) is 0 Å². The molecule has 1 aromatic rings. The zero-order valence-corrected chi connectivity index (χ0v) is 11.1. The molecule has 2 rings (SSSR count). The fourth-order valence-electron chi connectivity index (χ4n) is 1.48. The zero-order chi connectivity index (χ0) is 13.8. The van der Waals surface area contributed by atoms with Crippen molar-refractivity contribution in [3.63, 3.8) is 0 Å². The molecular weight excluding hydrogens is 268 g/mol. The Hall–Kier alpha value is -1.96. The number of amides is 3. The third-order valence-electron chi connectivity index (χ3n) is 2.48. The van der Waals surface area contributed by atoms with Gasteiger partial charge < -0.3 is 5.32 Å². The van der Waals surface area contributed by atoms with E-state index in [1.807, 2.05) is 0 Å². The Morgan fingerprint density at radius 2 is 2.21 bits per heavy atom. The van der Waals surface area contributed by atoms with Crippen LogP contribution in [0.1, 0.15) is 16.2 Å². The highest BCUT2D eigenvalue weighted by atomic mass is 32.2. The topological polar surface area (TPSA) is 92.3 Å². The van der Waals surface area contributed by atoms with Crippen molar-refractivity contribution < 1.29 is 14.4 Å². The second kappa shape index (κ2) is 5.79. The van der Waals surface area contributed by atoms with Crippen LogP contribution in [0.15, 0.2) is 12.4 Å². The lowest BCUT2D eigenvalue weighted by atomic mass is 10.4. The number of carbonyl (C=O) groups is 3. The number of hydrogen-bond acceptors (Lipinski definition) is 6. The van der Waals surface area contributed by atoms with Gasteiger partial charge in [0.05, 0.1) is 17.6 Å². The van der Waals surface area contributed by atoms with Crippen LogP contribution in [0.5, 0.6) is 0 Å².